The summed E-state index contributed by atoms with van der Waals surface area (Å²) in [6, 6.07) is 12.7. The number of thioether (sulfide) groups is 1. The van der Waals surface area contributed by atoms with Gasteiger partial charge >= 0.3 is 0 Å². The van der Waals surface area contributed by atoms with Gasteiger partial charge in [0.2, 0.25) is 0 Å². The molecule has 4 heteroatoms. The Kier molecular flexibility index (Phi) is 3.41. The van der Waals surface area contributed by atoms with Gasteiger partial charge in [0.25, 0.3) is 0 Å². The molecule has 2 unspecified atom stereocenters. The molecule has 18 heavy (non-hydrogen) atoms. The number of benzene rings is 1. The Morgan fingerprint density at radius 1 is 1.33 bits per heavy atom. The Bertz CT molecular complexity index is 512. The molecular weight excluding hydrogens is 244 g/mol. The van der Waals surface area contributed by atoms with Crippen LogP contribution in [-0.4, -0.2) is 11.8 Å². The van der Waals surface area contributed by atoms with E-state index in [0.717, 1.165) is 17.9 Å². The zero-order valence-corrected chi connectivity index (χ0v) is 10.8. The predicted octanol–water partition coefficient (Wildman–Crippen LogP) is 2.54. The van der Waals surface area contributed by atoms with Crippen molar-refractivity contribution in [1.82, 2.24) is 5.43 Å². The topological polar surface area (TPSA) is 51.2 Å². The summed E-state index contributed by atoms with van der Waals surface area (Å²) in [5, 5.41) is 0. The van der Waals surface area contributed by atoms with Crippen LogP contribution in [0.5, 0.6) is 0 Å². The molecule has 0 amide bonds. The summed E-state index contributed by atoms with van der Waals surface area (Å²) in [6.07, 6.45) is 2.53. The third kappa shape index (κ3) is 2.19. The van der Waals surface area contributed by atoms with Gasteiger partial charge in [0, 0.05) is 29.0 Å². The summed E-state index contributed by atoms with van der Waals surface area (Å²) in [4.78, 5) is 1.38. The van der Waals surface area contributed by atoms with Crippen molar-refractivity contribution in [2.24, 2.45) is 5.84 Å². The quantitative estimate of drug-likeness (QED) is 0.655. The number of rotatable bonds is 4. The van der Waals surface area contributed by atoms with Crippen molar-refractivity contribution in [2.45, 2.75) is 23.3 Å². The van der Waals surface area contributed by atoms with Crippen LogP contribution in [0, 0.1) is 0 Å². The molecule has 2 heterocycles. The number of fused-ring (bicyclic) bond motifs is 1. The highest BCUT2D eigenvalue weighted by Crippen LogP contribution is 2.41. The minimum atomic E-state index is 0.215. The second-order valence-corrected chi connectivity index (χ2v) is 5.57. The van der Waals surface area contributed by atoms with E-state index in [-0.39, 0.29) is 6.04 Å². The third-order valence-corrected chi connectivity index (χ3v) is 4.65. The van der Waals surface area contributed by atoms with Crippen LogP contribution in [0.2, 0.25) is 0 Å². The normalized spacial score (nSPS) is 19.7. The van der Waals surface area contributed by atoms with Crippen LogP contribution in [0.4, 0.5) is 0 Å². The largest absolute Gasteiger partial charge is 0.469 e. The molecule has 0 saturated heterocycles. The first kappa shape index (κ1) is 11.8. The van der Waals surface area contributed by atoms with Crippen LogP contribution in [0.25, 0.3) is 0 Å². The lowest BCUT2D eigenvalue weighted by Gasteiger charge is -2.22. The van der Waals surface area contributed by atoms with Crippen LogP contribution in [-0.2, 0) is 6.42 Å². The van der Waals surface area contributed by atoms with Crippen LogP contribution >= 0.6 is 11.8 Å². The minimum absolute atomic E-state index is 0.215. The number of hydrogen-bond acceptors (Lipinski definition) is 4. The van der Waals surface area contributed by atoms with Gasteiger partial charge in [-0.2, -0.15) is 0 Å². The van der Waals surface area contributed by atoms with Gasteiger partial charge in [-0.15, -0.1) is 11.8 Å². The van der Waals surface area contributed by atoms with E-state index < -0.39 is 0 Å². The molecule has 0 bridgehead atoms. The molecule has 0 radical (unpaired) electrons. The van der Waals surface area contributed by atoms with Gasteiger partial charge in [-0.05, 0) is 23.8 Å². The van der Waals surface area contributed by atoms with E-state index in [1.807, 2.05) is 23.9 Å². The van der Waals surface area contributed by atoms with Gasteiger partial charge in [0.05, 0.1) is 6.26 Å². The molecule has 0 fully saturated rings. The molecule has 1 aliphatic rings. The maximum Gasteiger partial charge on any atom is 0.105 e. The van der Waals surface area contributed by atoms with Crippen molar-refractivity contribution < 1.29 is 4.42 Å². The van der Waals surface area contributed by atoms with E-state index in [9.17, 15) is 0 Å². The summed E-state index contributed by atoms with van der Waals surface area (Å²) in [7, 11) is 0. The van der Waals surface area contributed by atoms with Gasteiger partial charge in [-0.25, -0.2) is 0 Å². The summed E-state index contributed by atoms with van der Waals surface area (Å²) >= 11 is 1.91. The Labute approximate surface area is 111 Å². The first-order valence-electron chi connectivity index (χ1n) is 6.08. The maximum absolute atomic E-state index is 5.73. The Balaban J connectivity index is 1.81. The van der Waals surface area contributed by atoms with Crippen molar-refractivity contribution in [3.8, 4) is 0 Å². The highest BCUT2D eigenvalue weighted by atomic mass is 32.2. The van der Waals surface area contributed by atoms with Crippen LogP contribution < -0.4 is 11.3 Å². The fourth-order valence-electron chi connectivity index (χ4n) is 2.48. The molecule has 0 spiro atoms. The average Bonchev–Trinajstić information content (AvgIpc) is 3.05. The Hall–Kier alpha value is -1.23. The molecule has 3 N–H and O–H groups in total. The molecular formula is C14H16N2OS. The van der Waals surface area contributed by atoms with Crippen LogP contribution in [0.15, 0.2) is 52.0 Å². The van der Waals surface area contributed by atoms with E-state index >= 15 is 0 Å². The van der Waals surface area contributed by atoms with E-state index in [1.165, 1.54) is 10.5 Å². The van der Waals surface area contributed by atoms with Gasteiger partial charge < -0.3 is 4.42 Å². The van der Waals surface area contributed by atoms with E-state index in [4.69, 9.17) is 10.3 Å². The molecule has 2 aromatic rings. The monoisotopic (exact) mass is 260 g/mol. The van der Waals surface area contributed by atoms with Gasteiger partial charge in [0.15, 0.2) is 0 Å². The number of furan rings is 1. The second-order valence-electron chi connectivity index (χ2n) is 4.51. The third-order valence-electron chi connectivity index (χ3n) is 3.44. The van der Waals surface area contributed by atoms with Crippen LogP contribution in [0.3, 0.4) is 0 Å². The summed E-state index contributed by atoms with van der Waals surface area (Å²) in [5.74, 6) is 8.23. The summed E-state index contributed by atoms with van der Waals surface area (Å²) in [5.41, 5.74) is 4.35. The zero-order valence-electron chi connectivity index (χ0n) is 10.0. The van der Waals surface area contributed by atoms with Gasteiger partial charge in [-0.1, -0.05) is 18.2 Å². The van der Waals surface area contributed by atoms with Crippen LogP contribution in [0.1, 0.15) is 17.2 Å². The highest BCUT2D eigenvalue weighted by molar-refractivity contribution is 7.99. The predicted molar refractivity (Wildman–Crippen MR) is 73.4 cm³/mol. The number of nitrogens with two attached hydrogens (primary N) is 1. The molecule has 1 aromatic heterocycles. The lowest BCUT2D eigenvalue weighted by Crippen LogP contribution is -2.41. The molecule has 1 aromatic carbocycles. The van der Waals surface area contributed by atoms with E-state index in [0.29, 0.717) is 5.92 Å². The zero-order chi connectivity index (χ0) is 12.4. The van der Waals surface area contributed by atoms with Gasteiger partial charge in [0.1, 0.15) is 5.76 Å². The fraction of sp³-hybridized carbons (Fsp3) is 0.286. The minimum Gasteiger partial charge on any atom is -0.469 e. The molecule has 1 aliphatic heterocycles. The average molecular weight is 260 g/mol. The second kappa shape index (κ2) is 5.18. The molecule has 3 nitrogen and oxygen atoms in total. The van der Waals surface area contributed by atoms with Crippen molar-refractivity contribution in [2.75, 3.05) is 5.75 Å². The molecule has 0 aliphatic carbocycles. The smallest absolute Gasteiger partial charge is 0.105 e. The number of hydrogen-bond donors (Lipinski definition) is 2. The van der Waals surface area contributed by atoms with Crippen molar-refractivity contribution in [3.63, 3.8) is 0 Å². The Morgan fingerprint density at radius 3 is 3.00 bits per heavy atom. The van der Waals surface area contributed by atoms with Gasteiger partial charge in [-0.3, -0.25) is 11.3 Å². The lowest BCUT2D eigenvalue weighted by molar-refractivity contribution is 0.413. The highest BCUT2D eigenvalue weighted by Gasteiger charge is 2.30. The summed E-state index contributed by atoms with van der Waals surface area (Å²) < 4.78 is 5.41. The first-order valence-corrected chi connectivity index (χ1v) is 7.07. The molecule has 3 rings (SSSR count). The lowest BCUT2D eigenvalue weighted by atomic mass is 9.91. The Morgan fingerprint density at radius 2 is 2.22 bits per heavy atom. The first-order chi connectivity index (χ1) is 8.88. The number of hydrazine groups is 1. The van der Waals surface area contributed by atoms with E-state index in [2.05, 4.69) is 29.7 Å². The molecule has 94 valence electrons. The van der Waals surface area contributed by atoms with Crippen molar-refractivity contribution >= 4 is 11.8 Å². The fourth-order valence-corrected chi connectivity index (χ4v) is 3.82. The van der Waals surface area contributed by atoms with E-state index in [1.54, 1.807) is 6.26 Å². The standard InChI is InChI=1S/C14H16N2OS/c15-16-13(8-10-4-3-7-17-10)12-9-18-14-6-2-1-5-11(12)14/h1-7,12-13,16H,8-9,15H2. The molecule has 0 saturated carbocycles. The maximum atomic E-state index is 5.73. The van der Waals surface area contributed by atoms with Crippen molar-refractivity contribution in [1.29, 1.82) is 0 Å². The van der Waals surface area contributed by atoms with Crippen molar-refractivity contribution in [3.05, 3.63) is 54.0 Å². The SMILES string of the molecule is NNC(Cc1ccco1)C1CSc2ccccc21. The molecule has 2 atom stereocenters. The summed E-state index contributed by atoms with van der Waals surface area (Å²) in [6.45, 7) is 0. The number of nitrogens with one attached hydrogen (secondary N) is 1.